The SMILES string of the molecule is CC(C)(C)OC(=O)N1CCC(=O)CC1.CN.CNC1CCN(C(=O)OC(C)(C)C)CC1.[Pd]. The van der Waals surface area contributed by atoms with Gasteiger partial charge < -0.3 is 30.3 Å². The van der Waals surface area contributed by atoms with Crippen molar-refractivity contribution in [2.45, 2.75) is 84.5 Å². The van der Waals surface area contributed by atoms with Gasteiger partial charge in [0.05, 0.1) is 0 Å². The number of carbonyl (C=O) groups excluding carboxylic acids is 3. The Hall–Kier alpha value is -1.21. The molecule has 0 aliphatic carbocycles. The molecule has 0 radical (unpaired) electrons. The zero-order chi connectivity index (χ0) is 24.2. The molecular weight excluding hydrogens is 507 g/mol. The molecule has 0 spiro atoms. The normalized spacial score (nSPS) is 17.1. The molecule has 192 valence electrons. The van der Waals surface area contributed by atoms with Gasteiger partial charge in [-0.15, -0.1) is 0 Å². The fraction of sp³-hybridized carbons (Fsp3) is 0.864. The van der Waals surface area contributed by atoms with Crippen LogP contribution in [0, 0.1) is 0 Å². The van der Waals surface area contributed by atoms with Crippen LogP contribution in [0.1, 0.15) is 67.2 Å². The standard InChI is InChI=1S/C11H22N2O2.C10H17NO3.CH5N.Pd/c1-11(2,3)15-10(14)13-7-5-9(12-4)6-8-13;1-10(2,3)14-9(13)11-6-4-8(12)5-7-11;1-2;/h9,12H,5-8H2,1-4H3;4-7H2,1-3H3;2H2,1H3;. The maximum Gasteiger partial charge on any atom is 0.410 e. The summed E-state index contributed by atoms with van der Waals surface area (Å²) in [4.78, 5) is 37.5. The molecule has 0 aromatic carbocycles. The number of carbonyl (C=O) groups is 3. The van der Waals surface area contributed by atoms with E-state index in [4.69, 9.17) is 9.47 Å². The van der Waals surface area contributed by atoms with Gasteiger partial charge in [0, 0.05) is 65.5 Å². The molecule has 0 saturated carbocycles. The summed E-state index contributed by atoms with van der Waals surface area (Å²) < 4.78 is 10.5. The molecule has 0 aromatic rings. The van der Waals surface area contributed by atoms with E-state index in [1.165, 1.54) is 7.05 Å². The first-order valence-corrected chi connectivity index (χ1v) is 11.0. The Labute approximate surface area is 207 Å². The third-order valence-electron chi connectivity index (χ3n) is 4.53. The smallest absolute Gasteiger partial charge is 0.410 e. The largest absolute Gasteiger partial charge is 0.444 e. The first-order valence-electron chi connectivity index (χ1n) is 11.0. The maximum atomic E-state index is 11.7. The van der Waals surface area contributed by atoms with Crippen LogP contribution in [0.4, 0.5) is 9.59 Å². The predicted molar refractivity (Wildman–Crippen MR) is 122 cm³/mol. The Morgan fingerprint density at radius 2 is 1.19 bits per heavy atom. The molecule has 2 aliphatic rings. The van der Waals surface area contributed by atoms with E-state index in [0.717, 1.165) is 25.9 Å². The van der Waals surface area contributed by atoms with Gasteiger partial charge >= 0.3 is 12.2 Å². The summed E-state index contributed by atoms with van der Waals surface area (Å²) in [5.41, 5.74) is 3.65. The van der Waals surface area contributed by atoms with Gasteiger partial charge in [0.2, 0.25) is 0 Å². The maximum absolute atomic E-state index is 11.7. The van der Waals surface area contributed by atoms with Crippen LogP contribution < -0.4 is 11.1 Å². The van der Waals surface area contributed by atoms with E-state index in [0.29, 0.717) is 32.0 Å². The van der Waals surface area contributed by atoms with Gasteiger partial charge in [-0.05, 0) is 68.5 Å². The number of rotatable bonds is 1. The van der Waals surface area contributed by atoms with Crippen LogP contribution in [0.2, 0.25) is 0 Å². The number of piperidine rings is 2. The molecule has 9 nitrogen and oxygen atoms in total. The van der Waals surface area contributed by atoms with E-state index in [1.807, 2.05) is 48.6 Å². The number of Topliss-reactive ketones (excluding diaryl/α,β-unsaturated/α-hetero) is 1. The van der Waals surface area contributed by atoms with E-state index in [2.05, 4.69) is 11.1 Å². The van der Waals surface area contributed by atoms with E-state index < -0.39 is 11.2 Å². The van der Waals surface area contributed by atoms with Crippen LogP contribution in [-0.2, 0) is 34.7 Å². The van der Waals surface area contributed by atoms with Crippen LogP contribution in [0.15, 0.2) is 0 Å². The first kappa shape index (κ1) is 33.0. The van der Waals surface area contributed by atoms with Gasteiger partial charge in [-0.25, -0.2) is 9.59 Å². The quantitative estimate of drug-likeness (QED) is 0.483. The molecule has 0 aromatic heterocycles. The molecule has 10 heteroatoms. The molecule has 2 saturated heterocycles. The number of hydrogen-bond acceptors (Lipinski definition) is 7. The van der Waals surface area contributed by atoms with Crippen molar-refractivity contribution in [1.29, 1.82) is 0 Å². The molecule has 32 heavy (non-hydrogen) atoms. The number of likely N-dealkylation sites (tertiary alicyclic amines) is 2. The van der Waals surface area contributed by atoms with E-state index in [1.54, 1.807) is 9.80 Å². The summed E-state index contributed by atoms with van der Waals surface area (Å²) >= 11 is 0. The van der Waals surface area contributed by atoms with Crippen LogP contribution in [0.25, 0.3) is 0 Å². The number of hydrogen-bond donors (Lipinski definition) is 2. The summed E-state index contributed by atoms with van der Waals surface area (Å²) in [6.45, 7) is 13.8. The summed E-state index contributed by atoms with van der Waals surface area (Å²) in [6, 6.07) is 0.545. The summed E-state index contributed by atoms with van der Waals surface area (Å²) in [5, 5.41) is 3.23. The molecular formula is C22H44N4O5Pd. The average Bonchev–Trinajstić information content (AvgIpc) is 2.68. The third-order valence-corrected chi connectivity index (χ3v) is 4.53. The van der Waals surface area contributed by atoms with Gasteiger partial charge in [-0.1, -0.05) is 0 Å². The second kappa shape index (κ2) is 15.6. The van der Waals surface area contributed by atoms with Crippen molar-refractivity contribution in [2.24, 2.45) is 5.73 Å². The molecule has 2 heterocycles. The zero-order valence-electron chi connectivity index (χ0n) is 21.1. The van der Waals surface area contributed by atoms with Crippen LogP contribution in [-0.4, -0.2) is 85.3 Å². The molecule has 3 N–H and O–H groups in total. The van der Waals surface area contributed by atoms with Gasteiger partial charge in [0.1, 0.15) is 17.0 Å². The third kappa shape index (κ3) is 14.8. The fourth-order valence-electron chi connectivity index (χ4n) is 2.94. The number of ether oxygens (including phenoxy) is 2. The van der Waals surface area contributed by atoms with Gasteiger partial charge in [0.15, 0.2) is 0 Å². The Bertz CT molecular complexity index is 558. The summed E-state index contributed by atoms with van der Waals surface area (Å²) in [6.07, 6.45) is 2.44. The number of nitrogens with two attached hydrogens (primary N) is 1. The van der Waals surface area contributed by atoms with Crippen molar-refractivity contribution < 1.29 is 44.3 Å². The number of nitrogens with zero attached hydrogens (tertiary/aromatic N) is 2. The van der Waals surface area contributed by atoms with Crippen LogP contribution in [0.5, 0.6) is 0 Å². The van der Waals surface area contributed by atoms with Crippen molar-refractivity contribution in [3.8, 4) is 0 Å². The monoisotopic (exact) mass is 550 g/mol. The second-order valence-corrected chi connectivity index (χ2v) is 9.54. The van der Waals surface area contributed by atoms with Crippen molar-refractivity contribution in [3.63, 3.8) is 0 Å². The van der Waals surface area contributed by atoms with Gasteiger partial charge in [0.25, 0.3) is 0 Å². The summed E-state index contributed by atoms with van der Waals surface area (Å²) in [7, 11) is 3.47. The minimum atomic E-state index is -0.460. The molecule has 2 rings (SSSR count). The molecule has 2 fully saturated rings. The second-order valence-electron chi connectivity index (χ2n) is 9.54. The van der Waals surface area contributed by atoms with Crippen LogP contribution >= 0.6 is 0 Å². The molecule has 2 aliphatic heterocycles. The molecule has 0 atom stereocenters. The van der Waals surface area contributed by atoms with Gasteiger partial charge in [-0.2, -0.15) is 0 Å². The topological polar surface area (TPSA) is 114 Å². The Kier molecular flexibility index (Phi) is 16.1. The number of ketones is 1. The Morgan fingerprint density at radius 1 is 0.844 bits per heavy atom. The molecule has 0 bridgehead atoms. The molecule has 0 unspecified atom stereocenters. The number of nitrogens with one attached hydrogen (secondary N) is 1. The van der Waals surface area contributed by atoms with Crippen molar-refractivity contribution in [3.05, 3.63) is 0 Å². The average molecular weight is 551 g/mol. The van der Waals surface area contributed by atoms with E-state index >= 15 is 0 Å². The zero-order valence-corrected chi connectivity index (χ0v) is 22.6. The minimum Gasteiger partial charge on any atom is -0.444 e. The minimum absolute atomic E-state index is 0. The van der Waals surface area contributed by atoms with E-state index in [-0.39, 0.29) is 38.4 Å². The van der Waals surface area contributed by atoms with Crippen molar-refractivity contribution in [1.82, 2.24) is 15.1 Å². The number of amides is 2. The molecule has 2 amide bonds. The Balaban J connectivity index is 0. The van der Waals surface area contributed by atoms with Crippen molar-refractivity contribution in [2.75, 3.05) is 40.3 Å². The van der Waals surface area contributed by atoms with Crippen LogP contribution in [0.3, 0.4) is 0 Å². The Morgan fingerprint density at radius 3 is 1.50 bits per heavy atom. The fourth-order valence-corrected chi connectivity index (χ4v) is 2.94. The van der Waals surface area contributed by atoms with Gasteiger partial charge in [-0.3, -0.25) is 4.79 Å². The van der Waals surface area contributed by atoms with E-state index in [9.17, 15) is 14.4 Å². The van der Waals surface area contributed by atoms with Crippen molar-refractivity contribution >= 4 is 18.0 Å². The summed E-state index contributed by atoms with van der Waals surface area (Å²) in [5.74, 6) is 0.227. The first-order chi connectivity index (χ1) is 14.3. The predicted octanol–water partition coefficient (Wildman–Crippen LogP) is 2.76.